The van der Waals surface area contributed by atoms with Gasteiger partial charge in [-0.25, -0.2) is 26.3 Å². The molecule has 324 valence electrons. The zero-order chi connectivity index (χ0) is 48.4. The van der Waals surface area contributed by atoms with E-state index in [9.17, 15) is 36.9 Å². The third-order valence-electron chi connectivity index (χ3n) is 7.71. The van der Waals surface area contributed by atoms with Gasteiger partial charge in [-0.3, -0.25) is 0 Å². The van der Waals surface area contributed by atoms with Crippen molar-refractivity contribution in [2.45, 2.75) is 13.8 Å². The molecule has 0 aromatic heterocycles. The van der Waals surface area contributed by atoms with E-state index in [4.69, 9.17) is 21.0 Å². The molecule has 5 aromatic rings. The molecule has 10 nitrogen and oxygen atoms in total. The lowest BCUT2D eigenvalue weighted by Crippen LogP contribution is -2.10. The predicted molar refractivity (Wildman–Crippen MR) is 171 cm³/mol. The van der Waals surface area contributed by atoms with Crippen molar-refractivity contribution in [2.75, 3.05) is 0 Å². The van der Waals surface area contributed by atoms with Crippen molar-refractivity contribution < 1.29 is 89.2 Å². The van der Waals surface area contributed by atoms with Crippen molar-refractivity contribution >= 4 is 0 Å². The van der Waals surface area contributed by atoms with Gasteiger partial charge in [0.1, 0.15) is 69.8 Å². The highest BCUT2D eigenvalue weighted by Gasteiger charge is 2.38. The smallest absolute Gasteiger partial charge is 0.210 e. The summed E-state index contributed by atoms with van der Waals surface area (Å²) in [5.74, 6) is -63.7. The third kappa shape index (κ3) is 7.46. The minimum Gasteiger partial charge on any atom is -0.445 e. The van der Waals surface area contributed by atoms with Crippen LogP contribution in [0.1, 0.15) is 47.2 Å². The zero-order valence-electron chi connectivity index (χ0n) is 30.4. The Labute approximate surface area is 343 Å². The first-order chi connectivity index (χ1) is 30.2. The molecule has 5 rings (SSSR count). The van der Waals surface area contributed by atoms with E-state index < -0.39 is 172 Å². The molecule has 0 saturated carbocycles. The van der Waals surface area contributed by atoms with Crippen LogP contribution in [0.2, 0.25) is 0 Å². The van der Waals surface area contributed by atoms with E-state index in [2.05, 4.69) is 18.9 Å². The maximum atomic E-state index is 15.7. The summed E-state index contributed by atoms with van der Waals surface area (Å²) in [6.07, 6.45) is 0. The van der Waals surface area contributed by atoms with Gasteiger partial charge in [0.05, 0.1) is 0 Å². The Kier molecular flexibility index (Phi) is 13.7. The van der Waals surface area contributed by atoms with Gasteiger partial charge in [0, 0.05) is 0 Å². The third-order valence-corrected chi connectivity index (χ3v) is 7.71. The molecule has 0 heterocycles. The molecular formula is C38H6F16N6O4. The van der Waals surface area contributed by atoms with E-state index >= 15 is 43.9 Å². The number of rotatable bonds is 8. The Morgan fingerprint density at radius 1 is 0.219 bits per heavy atom. The fourth-order valence-electron chi connectivity index (χ4n) is 4.86. The van der Waals surface area contributed by atoms with Gasteiger partial charge >= 0.3 is 0 Å². The highest BCUT2D eigenvalue weighted by atomic mass is 19.2. The van der Waals surface area contributed by atoms with Crippen molar-refractivity contribution in [3.8, 4) is 82.4 Å². The summed E-state index contributed by atoms with van der Waals surface area (Å²) in [6, 6.07) is 5.12. The summed E-state index contributed by atoms with van der Waals surface area (Å²) in [6.45, 7) is 4.00. The summed E-state index contributed by atoms with van der Waals surface area (Å²) in [5.41, 5.74) is -10.2. The second kappa shape index (κ2) is 18.4. The van der Waals surface area contributed by atoms with Gasteiger partial charge in [-0.05, 0) is 0 Å². The van der Waals surface area contributed by atoms with Crippen LogP contribution in [0.25, 0.3) is 0 Å². The number of nitriles is 6. The van der Waals surface area contributed by atoms with E-state index in [1.165, 1.54) is 0 Å². The summed E-state index contributed by atoms with van der Waals surface area (Å²) in [7, 11) is 0. The number of ether oxygens (including phenoxy) is 4. The van der Waals surface area contributed by atoms with Crippen LogP contribution in [0.5, 0.6) is 46.0 Å². The number of benzene rings is 5. The van der Waals surface area contributed by atoms with Crippen LogP contribution in [-0.4, -0.2) is 0 Å². The molecular weight excluding hydrogens is 908 g/mol. The fraction of sp³-hybridized carbons (Fsp3) is 0.0526. The largest absolute Gasteiger partial charge is 0.445 e. The highest BCUT2D eigenvalue weighted by Crippen LogP contribution is 2.48. The van der Waals surface area contributed by atoms with Gasteiger partial charge in [-0.2, -0.15) is 75.5 Å². The Morgan fingerprint density at radius 2 is 0.344 bits per heavy atom. The molecule has 0 N–H and O–H groups in total. The summed E-state index contributed by atoms with van der Waals surface area (Å²) >= 11 is 0. The number of hydrogen-bond donors (Lipinski definition) is 0. The number of halogens is 16. The Bertz CT molecular complexity index is 2870. The zero-order valence-corrected chi connectivity index (χ0v) is 30.4. The lowest BCUT2D eigenvalue weighted by Gasteiger charge is -2.19. The molecule has 0 spiro atoms. The highest BCUT2D eigenvalue weighted by molar-refractivity contribution is 5.61. The van der Waals surface area contributed by atoms with Crippen LogP contribution in [0.3, 0.4) is 0 Å². The molecule has 0 aliphatic heterocycles. The van der Waals surface area contributed by atoms with Gasteiger partial charge in [-0.1, -0.05) is 13.8 Å². The van der Waals surface area contributed by atoms with Crippen molar-refractivity contribution in [3.05, 3.63) is 126 Å². The molecule has 0 saturated heterocycles. The Balaban J connectivity index is 0.00000442. The van der Waals surface area contributed by atoms with Crippen LogP contribution in [0.15, 0.2) is 0 Å². The van der Waals surface area contributed by atoms with Gasteiger partial charge in [-0.15, -0.1) is 0 Å². The average Bonchev–Trinajstić information content (AvgIpc) is 3.28. The number of nitrogens with zero attached hydrogens (tertiary/aromatic N) is 6. The van der Waals surface area contributed by atoms with Crippen LogP contribution in [-0.2, 0) is 0 Å². The van der Waals surface area contributed by atoms with Crippen molar-refractivity contribution in [1.29, 1.82) is 31.6 Å². The summed E-state index contributed by atoms with van der Waals surface area (Å²) in [4.78, 5) is 0. The number of hydrogen-bond acceptors (Lipinski definition) is 10. The Morgan fingerprint density at radius 3 is 0.531 bits per heavy atom. The second-order valence-electron chi connectivity index (χ2n) is 11.0. The minimum absolute atomic E-state index is 0.810. The first-order valence-corrected chi connectivity index (χ1v) is 16.0. The SMILES string of the molecule is CC.N#Cc1c(F)c(F)c(Oc2c(F)c(F)c(Oc3c(F)c(C#N)c(C#N)c(F)c3Oc3c(F)c(F)c(Oc4c(F)c(F)c(C#N)c(C#N)c4F)c(F)c3F)c(F)c2F)c(F)c1C#N. The molecule has 0 unspecified atom stereocenters. The molecule has 0 fully saturated rings. The predicted octanol–water partition coefficient (Wildman–Crippen LogP) is 11.3. The van der Waals surface area contributed by atoms with Gasteiger partial charge in [0.15, 0.2) is 34.9 Å². The maximum Gasteiger partial charge on any atom is 0.210 e. The topological polar surface area (TPSA) is 180 Å². The lowest BCUT2D eigenvalue weighted by molar-refractivity contribution is 0.292. The molecule has 0 radical (unpaired) electrons. The maximum absolute atomic E-state index is 15.7. The van der Waals surface area contributed by atoms with E-state index in [-0.39, 0.29) is 0 Å². The van der Waals surface area contributed by atoms with Gasteiger partial charge in [0.25, 0.3) is 0 Å². The van der Waals surface area contributed by atoms with Crippen molar-refractivity contribution in [2.24, 2.45) is 0 Å². The van der Waals surface area contributed by atoms with Crippen molar-refractivity contribution in [3.63, 3.8) is 0 Å². The van der Waals surface area contributed by atoms with Crippen LogP contribution < -0.4 is 18.9 Å². The average molecular weight is 914 g/mol. The second-order valence-corrected chi connectivity index (χ2v) is 11.0. The normalized spacial score (nSPS) is 10.2. The fourth-order valence-corrected chi connectivity index (χ4v) is 4.86. The first kappa shape index (κ1) is 47.8. The summed E-state index contributed by atoms with van der Waals surface area (Å²) < 4.78 is 257. The molecule has 64 heavy (non-hydrogen) atoms. The van der Waals surface area contributed by atoms with E-state index in [1.54, 1.807) is 0 Å². The molecule has 0 atom stereocenters. The standard InChI is InChI=1S/C36F16N6O4.C2H6/c37-13-7(1-53)9(3-55)15(39)29(19(13)43)59-31-21(45)25(49)33(26(50)22(31)46)61-35-17(41)11(5-57)12(6-58)18(42)36(35)62-34-27(51)23(47)32(24(48)28(34)52)60-30-16(40)10(4-56)8(2-54)14(38)20(30)44;1-2/h;1-2H3. The molecule has 0 aliphatic rings. The molecule has 0 aliphatic carbocycles. The van der Waals surface area contributed by atoms with Gasteiger partial charge < -0.3 is 18.9 Å². The summed E-state index contributed by atoms with van der Waals surface area (Å²) in [5, 5.41) is 54.4. The molecule has 0 bridgehead atoms. The minimum atomic E-state index is -3.00. The molecule has 0 amide bonds. The van der Waals surface area contributed by atoms with Crippen LogP contribution in [0.4, 0.5) is 70.2 Å². The van der Waals surface area contributed by atoms with E-state index in [1.807, 2.05) is 13.8 Å². The first-order valence-electron chi connectivity index (χ1n) is 16.0. The van der Waals surface area contributed by atoms with Crippen molar-refractivity contribution in [1.82, 2.24) is 0 Å². The van der Waals surface area contributed by atoms with Crippen LogP contribution in [0, 0.1) is 161 Å². The van der Waals surface area contributed by atoms with E-state index in [0.29, 0.717) is 0 Å². The van der Waals surface area contributed by atoms with E-state index in [0.717, 1.165) is 36.4 Å². The molecule has 26 heteroatoms. The quantitative estimate of drug-likeness (QED) is 0.107. The van der Waals surface area contributed by atoms with Crippen LogP contribution >= 0.6 is 0 Å². The Hall–Kier alpha value is -8.88. The monoisotopic (exact) mass is 914 g/mol. The lowest BCUT2D eigenvalue weighted by atomic mass is 10.1. The van der Waals surface area contributed by atoms with Gasteiger partial charge in [0.2, 0.25) is 104 Å². The molecule has 5 aromatic carbocycles.